The Balaban J connectivity index is 1.88. The van der Waals surface area contributed by atoms with E-state index in [0.29, 0.717) is 37.6 Å². The molecule has 1 saturated heterocycles. The molecule has 1 heterocycles. The number of piperazine rings is 1. The van der Waals surface area contributed by atoms with E-state index in [4.69, 9.17) is 4.74 Å². The van der Waals surface area contributed by atoms with Crippen LogP contribution in [0, 0.1) is 5.92 Å². The van der Waals surface area contributed by atoms with Crippen LogP contribution in [0.25, 0.3) is 0 Å². The molecule has 1 aromatic carbocycles. The van der Waals surface area contributed by atoms with E-state index in [1.807, 2.05) is 4.90 Å². The third-order valence-electron chi connectivity index (χ3n) is 4.43. The van der Waals surface area contributed by atoms with E-state index in [1.54, 1.807) is 29.2 Å². The number of carbonyl (C=O) groups excluding carboxylic acids is 2. The van der Waals surface area contributed by atoms with Gasteiger partial charge in [-0.15, -0.1) is 0 Å². The van der Waals surface area contributed by atoms with Gasteiger partial charge in [0.15, 0.2) is 0 Å². The van der Waals surface area contributed by atoms with Crippen molar-refractivity contribution in [2.45, 2.75) is 13.3 Å². The Kier molecular flexibility index (Phi) is 6.97. The van der Waals surface area contributed by atoms with Gasteiger partial charge in [-0.25, -0.2) is 0 Å². The van der Waals surface area contributed by atoms with E-state index in [-0.39, 0.29) is 24.8 Å². The first kappa shape index (κ1) is 19.7. The quantitative estimate of drug-likeness (QED) is 0.746. The first-order valence-corrected chi connectivity index (χ1v) is 8.53. The van der Waals surface area contributed by atoms with Crippen LogP contribution in [0.1, 0.15) is 13.3 Å². The lowest BCUT2D eigenvalue weighted by molar-refractivity contribution is -0.144. The number of carbonyl (C=O) groups is 3. The second-order valence-electron chi connectivity index (χ2n) is 6.33. The van der Waals surface area contributed by atoms with Crippen molar-refractivity contribution in [1.29, 1.82) is 0 Å². The largest absolute Gasteiger partial charge is 0.497 e. The molecule has 26 heavy (non-hydrogen) atoms. The number of nitrogens with zero attached hydrogens (tertiary/aromatic N) is 2. The van der Waals surface area contributed by atoms with Crippen molar-refractivity contribution in [2.24, 2.45) is 5.92 Å². The predicted octanol–water partition coefficient (Wildman–Crippen LogP) is 0.889. The molecule has 0 saturated carbocycles. The number of anilines is 1. The molecule has 1 aliphatic heterocycles. The van der Waals surface area contributed by atoms with Crippen LogP contribution in [-0.2, 0) is 14.4 Å². The standard InChI is InChI=1S/C18H25N3O5/c1-13(22)21-8-6-20(7-9-21)12-14(18(24)25)10-17(23)19-15-4-3-5-16(11-15)26-2/h3-5,11,14H,6-10,12H2,1-2H3,(H,19,23)(H,24,25). The first-order chi connectivity index (χ1) is 12.4. The number of hydrogen-bond donors (Lipinski definition) is 2. The summed E-state index contributed by atoms with van der Waals surface area (Å²) < 4.78 is 5.10. The third kappa shape index (κ3) is 5.73. The maximum absolute atomic E-state index is 12.2. The molecule has 0 radical (unpaired) electrons. The lowest BCUT2D eigenvalue weighted by Gasteiger charge is -2.35. The highest BCUT2D eigenvalue weighted by atomic mass is 16.5. The molecule has 142 valence electrons. The number of nitrogens with one attached hydrogen (secondary N) is 1. The molecule has 0 spiro atoms. The maximum atomic E-state index is 12.2. The van der Waals surface area contributed by atoms with Crippen molar-refractivity contribution in [3.63, 3.8) is 0 Å². The Hall–Kier alpha value is -2.61. The van der Waals surface area contributed by atoms with Gasteiger partial charge in [-0.1, -0.05) is 6.07 Å². The second kappa shape index (κ2) is 9.19. The van der Waals surface area contributed by atoms with E-state index in [9.17, 15) is 19.5 Å². The molecule has 1 aliphatic rings. The normalized spacial score (nSPS) is 16.0. The highest BCUT2D eigenvalue weighted by molar-refractivity contribution is 5.93. The summed E-state index contributed by atoms with van der Waals surface area (Å²) in [5, 5.41) is 12.2. The number of rotatable bonds is 7. The molecular formula is C18H25N3O5. The van der Waals surface area contributed by atoms with Gasteiger partial charge in [0.05, 0.1) is 13.0 Å². The Morgan fingerprint density at radius 2 is 1.92 bits per heavy atom. The molecule has 1 fully saturated rings. The molecule has 8 heteroatoms. The van der Waals surface area contributed by atoms with Crippen molar-refractivity contribution in [2.75, 3.05) is 45.2 Å². The van der Waals surface area contributed by atoms with Crippen molar-refractivity contribution >= 4 is 23.5 Å². The lowest BCUT2D eigenvalue weighted by atomic mass is 10.0. The summed E-state index contributed by atoms with van der Waals surface area (Å²) in [7, 11) is 1.53. The van der Waals surface area contributed by atoms with Gasteiger partial charge in [0.2, 0.25) is 11.8 Å². The highest BCUT2D eigenvalue weighted by Gasteiger charge is 2.27. The molecule has 2 amide bonds. The molecule has 1 aromatic rings. The van der Waals surface area contributed by atoms with Gasteiger partial charge in [0, 0.05) is 57.8 Å². The monoisotopic (exact) mass is 363 g/mol. The number of methoxy groups -OCH3 is 1. The van der Waals surface area contributed by atoms with Gasteiger partial charge in [-0.2, -0.15) is 0 Å². The summed E-state index contributed by atoms with van der Waals surface area (Å²) in [6, 6.07) is 6.90. The van der Waals surface area contributed by atoms with Gasteiger partial charge < -0.3 is 20.1 Å². The number of aliphatic carboxylic acids is 1. The summed E-state index contributed by atoms with van der Waals surface area (Å²) in [6.07, 6.45) is -0.112. The third-order valence-corrected chi connectivity index (χ3v) is 4.43. The summed E-state index contributed by atoms with van der Waals surface area (Å²) in [5.74, 6) is -1.52. The first-order valence-electron chi connectivity index (χ1n) is 8.53. The van der Waals surface area contributed by atoms with Crippen LogP contribution in [0.4, 0.5) is 5.69 Å². The van der Waals surface area contributed by atoms with Crippen LogP contribution < -0.4 is 10.1 Å². The topological polar surface area (TPSA) is 99.2 Å². The molecule has 8 nitrogen and oxygen atoms in total. The zero-order valence-corrected chi connectivity index (χ0v) is 15.1. The molecule has 0 aliphatic carbocycles. The Bertz CT molecular complexity index is 656. The summed E-state index contributed by atoms with van der Waals surface area (Å²) in [5.41, 5.74) is 0.563. The predicted molar refractivity (Wildman–Crippen MR) is 96.1 cm³/mol. The van der Waals surface area contributed by atoms with Crippen LogP contribution in [-0.4, -0.2) is 72.5 Å². The minimum atomic E-state index is -1.00. The van der Waals surface area contributed by atoms with E-state index in [0.717, 1.165) is 0 Å². The van der Waals surface area contributed by atoms with Crippen LogP contribution in [0.5, 0.6) is 5.75 Å². The minimum Gasteiger partial charge on any atom is -0.497 e. The molecule has 1 atom stereocenters. The Morgan fingerprint density at radius 3 is 2.50 bits per heavy atom. The average molecular weight is 363 g/mol. The van der Waals surface area contributed by atoms with Crippen LogP contribution in [0.2, 0.25) is 0 Å². The van der Waals surface area contributed by atoms with Gasteiger partial charge in [0.25, 0.3) is 0 Å². The Morgan fingerprint density at radius 1 is 1.23 bits per heavy atom. The maximum Gasteiger partial charge on any atom is 0.308 e. The van der Waals surface area contributed by atoms with E-state index in [2.05, 4.69) is 5.32 Å². The van der Waals surface area contributed by atoms with Crippen molar-refractivity contribution in [1.82, 2.24) is 9.80 Å². The zero-order chi connectivity index (χ0) is 19.1. The van der Waals surface area contributed by atoms with Gasteiger partial charge in [0.1, 0.15) is 5.75 Å². The molecular weight excluding hydrogens is 338 g/mol. The van der Waals surface area contributed by atoms with Crippen LogP contribution in [0.15, 0.2) is 24.3 Å². The number of hydrogen-bond acceptors (Lipinski definition) is 5. The van der Waals surface area contributed by atoms with E-state index >= 15 is 0 Å². The average Bonchev–Trinajstić information content (AvgIpc) is 2.61. The second-order valence-corrected chi connectivity index (χ2v) is 6.33. The number of carboxylic acids is 1. The molecule has 2 rings (SSSR count). The van der Waals surface area contributed by atoms with E-state index in [1.165, 1.54) is 14.0 Å². The van der Waals surface area contributed by atoms with Gasteiger partial charge in [-0.3, -0.25) is 19.3 Å². The zero-order valence-electron chi connectivity index (χ0n) is 15.1. The van der Waals surface area contributed by atoms with Gasteiger partial charge >= 0.3 is 5.97 Å². The molecule has 0 bridgehead atoms. The molecule has 2 N–H and O–H groups in total. The van der Waals surface area contributed by atoms with E-state index < -0.39 is 11.9 Å². The van der Waals surface area contributed by atoms with Crippen LogP contribution >= 0.6 is 0 Å². The lowest BCUT2D eigenvalue weighted by Crippen LogP contribution is -2.50. The van der Waals surface area contributed by atoms with Gasteiger partial charge in [-0.05, 0) is 12.1 Å². The minimum absolute atomic E-state index is 0.0251. The van der Waals surface area contributed by atoms with Crippen LogP contribution in [0.3, 0.4) is 0 Å². The SMILES string of the molecule is COc1cccc(NC(=O)CC(CN2CCN(C(C)=O)CC2)C(=O)O)c1. The molecule has 0 aromatic heterocycles. The summed E-state index contributed by atoms with van der Waals surface area (Å²) in [6.45, 7) is 4.20. The fraction of sp³-hybridized carbons (Fsp3) is 0.500. The highest BCUT2D eigenvalue weighted by Crippen LogP contribution is 2.18. The van der Waals surface area contributed by atoms with Crippen molar-refractivity contribution < 1.29 is 24.2 Å². The number of ether oxygens (including phenoxy) is 1. The van der Waals surface area contributed by atoms with Crippen molar-refractivity contribution in [3.05, 3.63) is 24.3 Å². The summed E-state index contributed by atoms with van der Waals surface area (Å²) >= 11 is 0. The smallest absolute Gasteiger partial charge is 0.308 e. The number of carboxylic acid groups (broad SMARTS) is 1. The fourth-order valence-electron chi connectivity index (χ4n) is 2.92. The Labute approximate surface area is 152 Å². The van der Waals surface area contributed by atoms with Crippen molar-refractivity contribution in [3.8, 4) is 5.75 Å². The molecule has 1 unspecified atom stereocenters. The number of benzene rings is 1. The fourth-order valence-corrected chi connectivity index (χ4v) is 2.92. The summed E-state index contributed by atoms with van der Waals surface area (Å²) in [4.78, 5) is 38.8. The number of amides is 2.